The molecule has 0 heterocycles. The molecule has 1 rings (SSSR count). The summed E-state index contributed by atoms with van der Waals surface area (Å²) in [7, 11) is 0. The monoisotopic (exact) mass is 314 g/mol. The van der Waals surface area contributed by atoms with Crippen LogP contribution in [0.2, 0.25) is 5.02 Å². The number of carbonyl (C=O) groups is 1. The minimum absolute atomic E-state index is 0.137. The van der Waals surface area contributed by atoms with E-state index in [1.165, 1.54) is 0 Å². The lowest BCUT2D eigenvalue weighted by molar-refractivity contribution is 0.0936. The first-order valence-corrected chi connectivity index (χ1v) is 6.39. The first-order chi connectivity index (χ1) is 8.10. The Balaban J connectivity index is 2.83. The second kappa shape index (κ2) is 6.63. The van der Waals surface area contributed by atoms with E-state index in [-0.39, 0.29) is 11.9 Å². The topological polar surface area (TPSA) is 52.9 Å². The Kier molecular flexibility index (Phi) is 5.46. The maximum absolute atomic E-state index is 11.9. The summed E-state index contributed by atoms with van der Waals surface area (Å²) in [6, 6.07) is 7.08. The SMILES string of the molecule is CCC(CC#N)NC(=O)c1cccc(Br)c1Cl. The predicted molar refractivity (Wildman–Crippen MR) is 70.9 cm³/mol. The Morgan fingerprint density at radius 1 is 1.65 bits per heavy atom. The van der Waals surface area contributed by atoms with E-state index in [9.17, 15) is 4.79 Å². The minimum atomic E-state index is -0.251. The smallest absolute Gasteiger partial charge is 0.253 e. The van der Waals surface area contributed by atoms with Gasteiger partial charge >= 0.3 is 0 Å². The van der Waals surface area contributed by atoms with Crippen molar-refractivity contribution in [3.8, 4) is 6.07 Å². The number of benzene rings is 1. The van der Waals surface area contributed by atoms with Gasteiger partial charge in [0.05, 0.1) is 23.1 Å². The fourth-order valence-corrected chi connectivity index (χ4v) is 1.93. The van der Waals surface area contributed by atoms with Crippen LogP contribution in [0.5, 0.6) is 0 Å². The molecule has 0 bridgehead atoms. The third-order valence-electron chi connectivity index (χ3n) is 2.36. The summed E-state index contributed by atoms with van der Waals surface area (Å²) < 4.78 is 0.681. The van der Waals surface area contributed by atoms with E-state index in [1.807, 2.05) is 13.0 Å². The van der Waals surface area contributed by atoms with Crippen LogP contribution in [-0.4, -0.2) is 11.9 Å². The van der Waals surface area contributed by atoms with Gasteiger partial charge in [-0.25, -0.2) is 0 Å². The van der Waals surface area contributed by atoms with Crippen LogP contribution >= 0.6 is 27.5 Å². The van der Waals surface area contributed by atoms with Crippen LogP contribution in [0.3, 0.4) is 0 Å². The zero-order valence-corrected chi connectivity index (χ0v) is 11.7. The number of nitriles is 1. The quantitative estimate of drug-likeness (QED) is 0.924. The third kappa shape index (κ3) is 3.72. The van der Waals surface area contributed by atoms with Crippen molar-refractivity contribution >= 4 is 33.4 Å². The van der Waals surface area contributed by atoms with Gasteiger partial charge in [-0.1, -0.05) is 24.6 Å². The summed E-state index contributed by atoms with van der Waals surface area (Å²) in [6.07, 6.45) is 1.01. The molecule has 1 amide bonds. The Labute approximate surface area is 114 Å². The molecule has 0 radical (unpaired) electrons. The molecule has 0 aromatic heterocycles. The zero-order chi connectivity index (χ0) is 12.8. The minimum Gasteiger partial charge on any atom is -0.348 e. The van der Waals surface area contributed by atoms with Gasteiger partial charge in [-0.05, 0) is 34.5 Å². The molecule has 90 valence electrons. The fraction of sp³-hybridized carbons (Fsp3) is 0.333. The highest BCUT2D eigenvalue weighted by molar-refractivity contribution is 9.10. The average Bonchev–Trinajstić information content (AvgIpc) is 2.31. The highest BCUT2D eigenvalue weighted by atomic mass is 79.9. The van der Waals surface area contributed by atoms with Crippen LogP contribution in [0.4, 0.5) is 0 Å². The lowest BCUT2D eigenvalue weighted by atomic mass is 10.1. The summed E-state index contributed by atoms with van der Waals surface area (Å²) in [5.74, 6) is -0.251. The van der Waals surface area contributed by atoms with Crippen LogP contribution < -0.4 is 5.32 Å². The molecule has 1 aromatic rings. The summed E-state index contributed by atoms with van der Waals surface area (Å²) in [5.41, 5.74) is 0.414. The van der Waals surface area contributed by atoms with Gasteiger partial charge in [-0.15, -0.1) is 0 Å². The van der Waals surface area contributed by atoms with Crippen molar-refractivity contribution < 1.29 is 4.79 Å². The van der Waals surface area contributed by atoms with Gasteiger partial charge in [0.25, 0.3) is 5.91 Å². The molecule has 17 heavy (non-hydrogen) atoms. The molecule has 0 aliphatic heterocycles. The third-order valence-corrected chi connectivity index (χ3v) is 3.66. The number of halogens is 2. The van der Waals surface area contributed by atoms with Crippen molar-refractivity contribution in [2.75, 3.05) is 0 Å². The van der Waals surface area contributed by atoms with Crippen molar-refractivity contribution in [3.05, 3.63) is 33.3 Å². The van der Waals surface area contributed by atoms with Crippen molar-refractivity contribution in [1.82, 2.24) is 5.32 Å². The van der Waals surface area contributed by atoms with Crippen LogP contribution in [0.25, 0.3) is 0 Å². The molecular weight excluding hydrogens is 304 g/mol. The molecule has 0 saturated heterocycles. The molecule has 1 N–H and O–H groups in total. The number of rotatable bonds is 4. The second-order valence-electron chi connectivity index (χ2n) is 3.54. The van der Waals surface area contributed by atoms with Crippen LogP contribution in [0, 0.1) is 11.3 Å². The number of carbonyl (C=O) groups excluding carboxylic acids is 1. The van der Waals surface area contributed by atoms with E-state index in [2.05, 4.69) is 21.2 Å². The lowest BCUT2D eigenvalue weighted by Crippen LogP contribution is -2.34. The predicted octanol–water partition coefficient (Wildman–Crippen LogP) is 3.52. The molecule has 1 atom stereocenters. The maximum atomic E-state index is 11.9. The molecule has 3 nitrogen and oxygen atoms in total. The van der Waals surface area contributed by atoms with Crippen LogP contribution in [-0.2, 0) is 0 Å². The summed E-state index contributed by atoms with van der Waals surface area (Å²) >= 11 is 9.28. The van der Waals surface area contributed by atoms with E-state index in [4.69, 9.17) is 16.9 Å². The molecular formula is C12H12BrClN2O. The Bertz CT molecular complexity index is 456. The number of hydrogen-bond acceptors (Lipinski definition) is 2. The van der Waals surface area contributed by atoms with Crippen molar-refractivity contribution in [3.63, 3.8) is 0 Å². The Morgan fingerprint density at radius 3 is 2.94 bits per heavy atom. The largest absolute Gasteiger partial charge is 0.348 e. The molecule has 1 aromatic carbocycles. The lowest BCUT2D eigenvalue weighted by Gasteiger charge is -2.14. The first-order valence-electron chi connectivity index (χ1n) is 5.22. The summed E-state index contributed by atoms with van der Waals surface area (Å²) in [4.78, 5) is 11.9. The van der Waals surface area contributed by atoms with E-state index in [0.717, 1.165) is 0 Å². The van der Waals surface area contributed by atoms with Gasteiger partial charge in [-0.2, -0.15) is 5.26 Å². The van der Waals surface area contributed by atoms with Gasteiger partial charge in [0.15, 0.2) is 0 Å². The van der Waals surface area contributed by atoms with Gasteiger partial charge in [0.2, 0.25) is 0 Å². The maximum Gasteiger partial charge on any atom is 0.253 e. The normalized spacial score (nSPS) is 11.6. The molecule has 0 fully saturated rings. The summed E-state index contributed by atoms with van der Waals surface area (Å²) in [5, 5.41) is 11.8. The molecule has 0 spiro atoms. The summed E-state index contributed by atoms with van der Waals surface area (Å²) in [6.45, 7) is 1.92. The highest BCUT2D eigenvalue weighted by Gasteiger charge is 2.15. The van der Waals surface area contributed by atoms with Crippen molar-refractivity contribution in [2.45, 2.75) is 25.8 Å². The van der Waals surface area contributed by atoms with E-state index in [0.29, 0.717) is 27.9 Å². The number of hydrogen-bond donors (Lipinski definition) is 1. The molecule has 0 aliphatic rings. The molecule has 5 heteroatoms. The highest BCUT2D eigenvalue weighted by Crippen LogP contribution is 2.25. The Morgan fingerprint density at radius 2 is 2.35 bits per heavy atom. The van der Waals surface area contributed by atoms with E-state index in [1.54, 1.807) is 18.2 Å². The van der Waals surface area contributed by atoms with Gasteiger partial charge < -0.3 is 5.32 Å². The zero-order valence-electron chi connectivity index (χ0n) is 9.34. The molecule has 1 unspecified atom stereocenters. The number of amides is 1. The second-order valence-corrected chi connectivity index (χ2v) is 4.77. The number of nitrogens with one attached hydrogen (secondary N) is 1. The Hall–Kier alpha value is -1.05. The van der Waals surface area contributed by atoms with Crippen molar-refractivity contribution in [1.29, 1.82) is 5.26 Å². The number of nitrogens with zero attached hydrogens (tertiary/aromatic N) is 1. The van der Waals surface area contributed by atoms with Crippen LogP contribution in [0.1, 0.15) is 30.1 Å². The average molecular weight is 316 g/mol. The standard InChI is InChI=1S/C12H12BrClN2O/c1-2-8(6-7-15)16-12(17)9-4-3-5-10(13)11(9)14/h3-5,8H,2,6H2,1H3,(H,16,17). The molecule has 0 saturated carbocycles. The van der Waals surface area contributed by atoms with Gasteiger partial charge in [-0.3, -0.25) is 4.79 Å². The van der Waals surface area contributed by atoms with Gasteiger partial charge in [0.1, 0.15) is 0 Å². The fourth-order valence-electron chi connectivity index (χ4n) is 1.35. The van der Waals surface area contributed by atoms with Crippen molar-refractivity contribution in [2.24, 2.45) is 0 Å². The van der Waals surface area contributed by atoms with Crippen LogP contribution in [0.15, 0.2) is 22.7 Å². The van der Waals surface area contributed by atoms with Gasteiger partial charge in [0, 0.05) is 10.5 Å². The molecule has 0 aliphatic carbocycles. The van der Waals surface area contributed by atoms with E-state index < -0.39 is 0 Å². The first kappa shape index (κ1) is 14.0. The van der Waals surface area contributed by atoms with E-state index >= 15 is 0 Å².